The number of rotatable bonds is 5. The Morgan fingerprint density at radius 2 is 2.12 bits per heavy atom. The molecule has 4 rings (SSSR count). The van der Waals surface area contributed by atoms with Gasteiger partial charge >= 0.3 is 0 Å². The van der Waals surface area contributed by atoms with Gasteiger partial charge in [0.15, 0.2) is 11.5 Å². The summed E-state index contributed by atoms with van der Waals surface area (Å²) in [6, 6.07) is 9.47. The number of thiophene rings is 1. The first-order valence-corrected chi connectivity index (χ1v) is 8.98. The third kappa shape index (κ3) is 2.99. The van der Waals surface area contributed by atoms with Gasteiger partial charge in [0.1, 0.15) is 11.3 Å². The van der Waals surface area contributed by atoms with Crippen LogP contribution in [-0.2, 0) is 13.0 Å². The van der Waals surface area contributed by atoms with Crippen molar-refractivity contribution in [1.82, 2.24) is 10.5 Å². The van der Waals surface area contributed by atoms with Gasteiger partial charge in [-0.05, 0) is 36.2 Å². The van der Waals surface area contributed by atoms with E-state index < -0.39 is 0 Å². The molecule has 0 saturated carbocycles. The first-order valence-electron chi connectivity index (χ1n) is 8.16. The number of amides is 1. The molecule has 134 valence electrons. The average Bonchev–Trinajstić information content (AvgIpc) is 3.37. The van der Waals surface area contributed by atoms with Crippen LogP contribution in [0, 0.1) is 0 Å². The molecule has 0 aliphatic carbocycles. The standard InChI is InChI=1S/C18H17N3O4S/c1-2-11-4-6-14(26-11)16-15(17(19)25-21-16)18(22)20-8-10-3-5-12-13(7-10)24-9-23-12/h3-7H,2,8-9,19H2,1H3,(H,20,22). The number of benzene rings is 1. The molecule has 0 spiro atoms. The molecule has 1 amide bonds. The summed E-state index contributed by atoms with van der Waals surface area (Å²) in [6.07, 6.45) is 0.920. The average molecular weight is 371 g/mol. The third-order valence-electron chi connectivity index (χ3n) is 4.08. The minimum absolute atomic E-state index is 0.00892. The maximum absolute atomic E-state index is 12.7. The molecule has 2 aromatic heterocycles. The highest BCUT2D eigenvalue weighted by Gasteiger charge is 2.23. The number of nitrogen functional groups attached to an aromatic ring is 1. The van der Waals surface area contributed by atoms with Gasteiger partial charge in [-0.15, -0.1) is 11.3 Å². The molecule has 8 heteroatoms. The van der Waals surface area contributed by atoms with Crippen molar-refractivity contribution in [3.05, 3.63) is 46.3 Å². The molecule has 1 aliphatic rings. The monoisotopic (exact) mass is 371 g/mol. The zero-order valence-corrected chi connectivity index (χ0v) is 14.9. The van der Waals surface area contributed by atoms with Gasteiger partial charge in [-0.25, -0.2) is 0 Å². The van der Waals surface area contributed by atoms with Crippen molar-refractivity contribution < 1.29 is 18.8 Å². The Bertz CT molecular complexity index is 963. The summed E-state index contributed by atoms with van der Waals surface area (Å²) in [5.74, 6) is 1.06. The van der Waals surface area contributed by atoms with E-state index in [1.165, 1.54) is 4.88 Å². The van der Waals surface area contributed by atoms with Crippen LogP contribution in [-0.4, -0.2) is 17.9 Å². The molecule has 1 aliphatic heterocycles. The lowest BCUT2D eigenvalue weighted by Gasteiger charge is -2.06. The van der Waals surface area contributed by atoms with Crippen molar-refractivity contribution in [3.8, 4) is 22.1 Å². The number of hydrogen-bond donors (Lipinski definition) is 2. The number of nitrogens with zero attached hydrogens (tertiary/aromatic N) is 1. The number of nitrogens with two attached hydrogens (primary N) is 1. The van der Waals surface area contributed by atoms with Crippen molar-refractivity contribution in [3.63, 3.8) is 0 Å². The van der Waals surface area contributed by atoms with E-state index in [0.29, 0.717) is 23.7 Å². The number of aryl methyl sites for hydroxylation is 1. The van der Waals surface area contributed by atoms with Crippen LogP contribution in [0.2, 0.25) is 0 Å². The molecule has 26 heavy (non-hydrogen) atoms. The molecule has 0 atom stereocenters. The number of ether oxygens (including phenoxy) is 2. The van der Waals surface area contributed by atoms with Gasteiger partial charge in [-0.3, -0.25) is 4.79 Å². The van der Waals surface area contributed by atoms with Gasteiger partial charge in [0.25, 0.3) is 5.91 Å². The van der Waals surface area contributed by atoms with Crippen LogP contribution in [0.1, 0.15) is 27.7 Å². The lowest BCUT2D eigenvalue weighted by Crippen LogP contribution is -2.23. The Kier molecular flexibility index (Phi) is 4.26. The minimum atomic E-state index is -0.331. The fourth-order valence-electron chi connectivity index (χ4n) is 2.71. The van der Waals surface area contributed by atoms with Gasteiger partial charge in [-0.2, -0.15) is 0 Å². The van der Waals surface area contributed by atoms with E-state index in [9.17, 15) is 4.79 Å². The lowest BCUT2D eigenvalue weighted by molar-refractivity contribution is 0.0952. The van der Waals surface area contributed by atoms with Crippen LogP contribution in [0.25, 0.3) is 10.6 Å². The molecule has 0 unspecified atom stereocenters. The van der Waals surface area contributed by atoms with Gasteiger partial charge in [0.05, 0.1) is 4.88 Å². The molecule has 0 fully saturated rings. The number of nitrogens with one attached hydrogen (secondary N) is 1. The van der Waals surface area contributed by atoms with Gasteiger partial charge in [-0.1, -0.05) is 18.1 Å². The van der Waals surface area contributed by atoms with Crippen LogP contribution in [0.4, 0.5) is 5.88 Å². The molecule has 7 nitrogen and oxygen atoms in total. The largest absolute Gasteiger partial charge is 0.454 e. The number of carbonyl (C=O) groups is 1. The molecule has 3 aromatic rings. The van der Waals surface area contributed by atoms with E-state index >= 15 is 0 Å². The quantitative estimate of drug-likeness (QED) is 0.714. The lowest BCUT2D eigenvalue weighted by atomic mass is 10.1. The summed E-state index contributed by atoms with van der Waals surface area (Å²) < 4.78 is 15.7. The Morgan fingerprint density at radius 3 is 2.92 bits per heavy atom. The van der Waals surface area contributed by atoms with Gasteiger partial charge in [0.2, 0.25) is 12.7 Å². The van der Waals surface area contributed by atoms with E-state index in [1.807, 2.05) is 30.3 Å². The van der Waals surface area contributed by atoms with Crippen LogP contribution < -0.4 is 20.5 Å². The Morgan fingerprint density at radius 1 is 1.27 bits per heavy atom. The van der Waals surface area contributed by atoms with Crippen LogP contribution >= 0.6 is 11.3 Å². The second kappa shape index (κ2) is 6.72. The summed E-state index contributed by atoms with van der Waals surface area (Å²) in [6.45, 7) is 2.61. The summed E-state index contributed by atoms with van der Waals surface area (Å²) >= 11 is 1.57. The van der Waals surface area contributed by atoms with Crippen molar-refractivity contribution in [2.45, 2.75) is 19.9 Å². The number of anilines is 1. The predicted octanol–water partition coefficient (Wildman–Crippen LogP) is 3.21. The van der Waals surface area contributed by atoms with Gasteiger partial charge < -0.3 is 25.0 Å². The zero-order valence-electron chi connectivity index (χ0n) is 14.1. The highest BCUT2D eigenvalue weighted by atomic mass is 32.1. The van der Waals surface area contributed by atoms with E-state index in [4.69, 9.17) is 19.7 Å². The fourth-order valence-corrected chi connectivity index (χ4v) is 3.64. The first-order chi connectivity index (χ1) is 12.7. The number of carbonyl (C=O) groups excluding carboxylic acids is 1. The summed E-state index contributed by atoms with van der Waals surface area (Å²) in [5, 5.41) is 6.82. The number of fused-ring (bicyclic) bond motifs is 1. The summed E-state index contributed by atoms with van der Waals surface area (Å²) in [7, 11) is 0. The zero-order chi connectivity index (χ0) is 18.1. The Hall–Kier alpha value is -3.00. The van der Waals surface area contributed by atoms with Crippen molar-refractivity contribution >= 4 is 23.1 Å². The highest BCUT2D eigenvalue weighted by Crippen LogP contribution is 2.34. The van der Waals surface area contributed by atoms with Crippen LogP contribution in [0.15, 0.2) is 34.9 Å². The SMILES string of the molecule is CCc1ccc(-c2noc(N)c2C(=O)NCc2ccc3c(c2)OCO3)s1. The van der Waals surface area contributed by atoms with Crippen LogP contribution in [0.3, 0.4) is 0 Å². The first kappa shape index (κ1) is 16.5. The topological polar surface area (TPSA) is 99.6 Å². The number of hydrogen-bond acceptors (Lipinski definition) is 7. The third-order valence-corrected chi connectivity index (χ3v) is 5.32. The molecule has 0 radical (unpaired) electrons. The van der Waals surface area contributed by atoms with E-state index in [-0.39, 0.29) is 24.1 Å². The second-order valence-corrected chi connectivity index (χ2v) is 6.93. The molecular formula is C18H17N3O4S. The van der Waals surface area contributed by atoms with Crippen molar-refractivity contribution in [2.75, 3.05) is 12.5 Å². The Balaban J connectivity index is 1.52. The van der Waals surface area contributed by atoms with Gasteiger partial charge in [0, 0.05) is 11.4 Å². The highest BCUT2D eigenvalue weighted by molar-refractivity contribution is 7.15. The van der Waals surface area contributed by atoms with E-state index in [1.54, 1.807) is 11.3 Å². The maximum Gasteiger partial charge on any atom is 0.259 e. The van der Waals surface area contributed by atoms with Crippen molar-refractivity contribution in [1.29, 1.82) is 0 Å². The molecule has 3 N–H and O–H groups in total. The smallest absolute Gasteiger partial charge is 0.259 e. The molecule has 1 aromatic carbocycles. The van der Waals surface area contributed by atoms with Crippen LogP contribution in [0.5, 0.6) is 11.5 Å². The minimum Gasteiger partial charge on any atom is -0.454 e. The fraction of sp³-hybridized carbons (Fsp3) is 0.222. The maximum atomic E-state index is 12.7. The Labute approximate surface area is 153 Å². The molecule has 0 saturated heterocycles. The normalized spacial score (nSPS) is 12.3. The summed E-state index contributed by atoms with van der Waals surface area (Å²) in [4.78, 5) is 14.7. The second-order valence-electron chi connectivity index (χ2n) is 5.76. The van der Waals surface area contributed by atoms with E-state index in [2.05, 4.69) is 17.4 Å². The van der Waals surface area contributed by atoms with E-state index in [0.717, 1.165) is 16.9 Å². The molecule has 3 heterocycles. The molecule has 0 bridgehead atoms. The predicted molar refractivity (Wildman–Crippen MR) is 97.3 cm³/mol. The number of aromatic nitrogens is 1. The van der Waals surface area contributed by atoms with Crippen molar-refractivity contribution in [2.24, 2.45) is 0 Å². The molecular weight excluding hydrogens is 354 g/mol. The summed E-state index contributed by atoms with van der Waals surface area (Å²) in [5.41, 5.74) is 7.46.